The number of carbonyl (C=O) groups is 1. The monoisotopic (exact) mass is 311 g/mol. The van der Waals surface area contributed by atoms with Gasteiger partial charge in [-0.15, -0.1) is 0 Å². The van der Waals surface area contributed by atoms with Crippen LogP contribution in [0.1, 0.15) is 30.6 Å². The number of rotatable bonds is 3. The van der Waals surface area contributed by atoms with Gasteiger partial charge in [0.25, 0.3) is 5.91 Å². The van der Waals surface area contributed by atoms with E-state index in [1.807, 2.05) is 17.9 Å². The van der Waals surface area contributed by atoms with Crippen molar-refractivity contribution in [1.29, 1.82) is 0 Å². The van der Waals surface area contributed by atoms with E-state index < -0.39 is 0 Å². The molecule has 0 bridgehead atoms. The highest BCUT2D eigenvalue weighted by molar-refractivity contribution is 9.10. The fraction of sp³-hybridized carbons (Fsp3) is 0.538. The Balaban J connectivity index is 2.25. The molecular weight excluding hydrogens is 294 g/mol. The van der Waals surface area contributed by atoms with Crippen molar-refractivity contribution in [2.45, 2.75) is 20.3 Å². The number of aromatic nitrogens is 1. The summed E-state index contributed by atoms with van der Waals surface area (Å²) in [5.41, 5.74) is 0.653. The first kappa shape index (κ1) is 13.3. The van der Waals surface area contributed by atoms with Gasteiger partial charge in [-0.3, -0.25) is 4.79 Å². The lowest BCUT2D eigenvalue weighted by Gasteiger charge is -2.18. The molecule has 1 aliphatic heterocycles. The molecule has 1 aromatic rings. The second kappa shape index (κ2) is 5.69. The molecule has 1 fully saturated rings. The van der Waals surface area contributed by atoms with Crippen LogP contribution in [0.15, 0.2) is 16.7 Å². The highest BCUT2D eigenvalue weighted by Gasteiger charge is 2.26. The van der Waals surface area contributed by atoms with E-state index in [9.17, 15) is 4.79 Å². The number of carbonyl (C=O) groups excluding carboxylic acids is 1. The van der Waals surface area contributed by atoms with Crippen molar-refractivity contribution in [2.24, 2.45) is 5.92 Å². The summed E-state index contributed by atoms with van der Waals surface area (Å²) >= 11 is 3.38. The molecule has 1 aliphatic rings. The van der Waals surface area contributed by atoms with E-state index in [2.05, 4.69) is 33.2 Å². The molecule has 5 heteroatoms. The van der Waals surface area contributed by atoms with Gasteiger partial charge in [0.05, 0.1) is 5.56 Å². The lowest BCUT2D eigenvalue weighted by Crippen LogP contribution is -2.29. The molecule has 1 unspecified atom stereocenters. The van der Waals surface area contributed by atoms with Crippen molar-refractivity contribution in [3.63, 3.8) is 0 Å². The van der Waals surface area contributed by atoms with E-state index in [0.717, 1.165) is 30.5 Å². The summed E-state index contributed by atoms with van der Waals surface area (Å²) in [7, 11) is 0. The molecule has 2 heterocycles. The molecular formula is C13H18BrN3O. The standard InChI is InChI=1S/C13H18BrN3O/c1-3-15-12-11(6-10(14)7-16-12)13(18)17-5-4-9(2)8-17/h6-7,9H,3-5,8H2,1-2H3,(H,15,16). The summed E-state index contributed by atoms with van der Waals surface area (Å²) in [5, 5.41) is 3.14. The largest absolute Gasteiger partial charge is 0.370 e. The minimum absolute atomic E-state index is 0.0732. The maximum absolute atomic E-state index is 12.5. The van der Waals surface area contributed by atoms with Crippen LogP contribution in [0.2, 0.25) is 0 Å². The van der Waals surface area contributed by atoms with Crippen molar-refractivity contribution in [2.75, 3.05) is 25.0 Å². The first-order chi connectivity index (χ1) is 8.61. The molecule has 1 N–H and O–H groups in total. The fourth-order valence-electron chi connectivity index (χ4n) is 2.20. The van der Waals surface area contributed by atoms with Crippen LogP contribution < -0.4 is 5.32 Å². The van der Waals surface area contributed by atoms with Gasteiger partial charge in [0.2, 0.25) is 0 Å². The smallest absolute Gasteiger partial charge is 0.257 e. The zero-order valence-electron chi connectivity index (χ0n) is 10.7. The molecule has 98 valence electrons. The highest BCUT2D eigenvalue weighted by atomic mass is 79.9. The van der Waals surface area contributed by atoms with Crippen molar-refractivity contribution in [3.05, 3.63) is 22.3 Å². The Hall–Kier alpha value is -1.10. The van der Waals surface area contributed by atoms with E-state index in [4.69, 9.17) is 0 Å². The van der Waals surface area contributed by atoms with Gasteiger partial charge in [-0.2, -0.15) is 0 Å². The topological polar surface area (TPSA) is 45.2 Å². The van der Waals surface area contributed by atoms with E-state index in [1.165, 1.54) is 0 Å². The number of amides is 1. The molecule has 2 rings (SSSR count). The van der Waals surface area contributed by atoms with Crippen molar-refractivity contribution >= 4 is 27.7 Å². The maximum atomic E-state index is 12.5. The number of likely N-dealkylation sites (tertiary alicyclic amines) is 1. The maximum Gasteiger partial charge on any atom is 0.257 e. The minimum Gasteiger partial charge on any atom is -0.370 e. The average molecular weight is 312 g/mol. The van der Waals surface area contributed by atoms with Gasteiger partial charge in [-0.1, -0.05) is 6.92 Å². The van der Waals surface area contributed by atoms with E-state index in [0.29, 0.717) is 17.3 Å². The van der Waals surface area contributed by atoms with Crippen LogP contribution >= 0.6 is 15.9 Å². The Morgan fingerprint density at radius 2 is 2.44 bits per heavy atom. The van der Waals surface area contributed by atoms with Gasteiger partial charge >= 0.3 is 0 Å². The molecule has 1 atom stereocenters. The van der Waals surface area contributed by atoms with E-state index >= 15 is 0 Å². The molecule has 0 spiro atoms. The van der Waals surface area contributed by atoms with Crippen LogP contribution in [0.4, 0.5) is 5.82 Å². The zero-order chi connectivity index (χ0) is 13.1. The van der Waals surface area contributed by atoms with Gasteiger partial charge in [-0.05, 0) is 41.3 Å². The predicted octanol–water partition coefficient (Wildman–Crippen LogP) is 2.76. The normalized spacial score (nSPS) is 19.1. The van der Waals surface area contributed by atoms with Crippen LogP contribution in [0, 0.1) is 5.92 Å². The summed E-state index contributed by atoms with van der Waals surface area (Å²) in [6.45, 7) is 6.62. The first-order valence-corrected chi connectivity index (χ1v) is 7.09. The molecule has 1 amide bonds. The van der Waals surface area contributed by atoms with Crippen LogP contribution in [-0.4, -0.2) is 35.4 Å². The molecule has 18 heavy (non-hydrogen) atoms. The van der Waals surface area contributed by atoms with Crippen molar-refractivity contribution in [3.8, 4) is 0 Å². The van der Waals surface area contributed by atoms with Crippen LogP contribution in [0.3, 0.4) is 0 Å². The fourth-order valence-corrected chi connectivity index (χ4v) is 2.53. The summed E-state index contributed by atoms with van der Waals surface area (Å²) < 4.78 is 0.833. The quantitative estimate of drug-likeness (QED) is 0.933. The number of hydrogen-bond donors (Lipinski definition) is 1. The molecule has 1 aromatic heterocycles. The molecule has 0 saturated carbocycles. The summed E-state index contributed by atoms with van der Waals surface area (Å²) in [5.74, 6) is 1.34. The second-order valence-corrected chi connectivity index (χ2v) is 5.64. The lowest BCUT2D eigenvalue weighted by atomic mass is 10.2. The SMILES string of the molecule is CCNc1ncc(Br)cc1C(=O)N1CCC(C)C1. The highest BCUT2D eigenvalue weighted by Crippen LogP contribution is 2.23. The van der Waals surface area contributed by atoms with Gasteiger partial charge in [-0.25, -0.2) is 4.98 Å². The summed E-state index contributed by atoms with van der Waals surface area (Å²) in [6.07, 6.45) is 2.80. The summed E-state index contributed by atoms with van der Waals surface area (Å²) in [4.78, 5) is 18.7. The third kappa shape index (κ3) is 2.83. The van der Waals surface area contributed by atoms with Gasteiger partial charge in [0.15, 0.2) is 0 Å². The number of nitrogens with one attached hydrogen (secondary N) is 1. The molecule has 0 aliphatic carbocycles. The van der Waals surface area contributed by atoms with Gasteiger partial charge in [0, 0.05) is 30.3 Å². The Morgan fingerprint density at radius 1 is 1.67 bits per heavy atom. The van der Waals surface area contributed by atoms with Crippen LogP contribution in [0.25, 0.3) is 0 Å². The average Bonchev–Trinajstić information content (AvgIpc) is 2.77. The zero-order valence-corrected chi connectivity index (χ0v) is 12.3. The predicted molar refractivity (Wildman–Crippen MR) is 75.8 cm³/mol. The Bertz CT molecular complexity index is 450. The lowest BCUT2D eigenvalue weighted by molar-refractivity contribution is 0.0788. The van der Waals surface area contributed by atoms with Crippen LogP contribution in [0.5, 0.6) is 0 Å². The number of hydrogen-bond acceptors (Lipinski definition) is 3. The van der Waals surface area contributed by atoms with Gasteiger partial charge < -0.3 is 10.2 Å². The third-order valence-electron chi connectivity index (χ3n) is 3.14. The number of anilines is 1. The van der Waals surface area contributed by atoms with Crippen molar-refractivity contribution in [1.82, 2.24) is 9.88 Å². The number of halogens is 1. The number of pyridine rings is 1. The van der Waals surface area contributed by atoms with Gasteiger partial charge in [0.1, 0.15) is 5.82 Å². The second-order valence-electron chi connectivity index (χ2n) is 4.73. The Labute approximate surface area is 116 Å². The minimum atomic E-state index is 0.0732. The molecule has 0 radical (unpaired) electrons. The summed E-state index contributed by atoms with van der Waals surface area (Å²) in [6, 6.07) is 1.84. The van der Waals surface area contributed by atoms with Crippen molar-refractivity contribution < 1.29 is 4.79 Å². The van der Waals surface area contributed by atoms with Crippen LogP contribution in [-0.2, 0) is 0 Å². The Kier molecular flexibility index (Phi) is 4.22. The first-order valence-electron chi connectivity index (χ1n) is 6.30. The number of nitrogens with zero attached hydrogens (tertiary/aromatic N) is 2. The molecule has 0 aromatic carbocycles. The molecule has 1 saturated heterocycles. The third-order valence-corrected chi connectivity index (χ3v) is 3.57. The molecule has 4 nitrogen and oxygen atoms in total. The van der Waals surface area contributed by atoms with E-state index in [-0.39, 0.29) is 5.91 Å². The Morgan fingerprint density at radius 3 is 3.06 bits per heavy atom. The van der Waals surface area contributed by atoms with E-state index in [1.54, 1.807) is 6.20 Å².